The number of methoxy groups -OCH3 is 1. The summed E-state index contributed by atoms with van der Waals surface area (Å²) in [6.07, 6.45) is 0. The van der Waals surface area contributed by atoms with Gasteiger partial charge in [0.05, 0.1) is 0 Å². The fourth-order valence-electron chi connectivity index (χ4n) is 0.858. The second-order valence-corrected chi connectivity index (χ2v) is 2.61. The number of urea groups is 1. The Kier molecular flexibility index (Phi) is 3.75. The summed E-state index contributed by atoms with van der Waals surface area (Å²) in [6.45, 7) is 0.157. The first-order valence-electron chi connectivity index (χ1n) is 4.05. The molecule has 1 aromatic carbocycles. The van der Waals surface area contributed by atoms with Gasteiger partial charge in [-0.1, -0.05) is 0 Å². The zero-order valence-electron chi connectivity index (χ0n) is 7.78. The van der Waals surface area contributed by atoms with Crippen molar-refractivity contribution in [2.24, 2.45) is 0 Å². The zero-order chi connectivity index (χ0) is 10.4. The Balaban J connectivity index is 2.44. The highest BCUT2D eigenvalue weighted by Crippen LogP contribution is 2.13. The Morgan fingerprint density at radius 2 is 2.07 bits per heavy atom. The van der Waals surface area contributed by atoms with Crippen LogP contribution in [0.4, 0.5) is 10.5 Å². The predicted octanol–water partition coefficient (Wildman–Crippen LogP) is 1.12. The fraction of sp³-hybridized carbons (Fsp3) is 0.222. The van der Waals surface area contributed by atoms with E-state index in [-0.39, 0.29) is 18.5 Å². The van der Waals surface area contributed by atoms with E-state index in [2.05, 4.69) is 15.4 Å². The molecule has 5 heteroatoms. The minimum absolute atomic E-state index is 0.157. The van der Waals surface area contributed by atoms with Gasteiger partial charge < -0.3 is 20.5 Å². The van der Waals surface area contributed by atoms with Crippen LogP contribution in [0.1, 0.15) is 0 Å². The van der Waals surface area contributed by atoms with Crippen molar-refractivity contribution in [2.45, 2.75) is 0 Å². The second kappa shape index (κ2) is 5.08. The maximum Gasteiger partial charge on any atom is 0.321 e. The summed E-state index contributed by atoms with van der Waals surface area (Å²) in [5.41, 5.74) is 0.608. The first-order valence-corrected chi connectivity index (χ1v) is 4.05. The van der Waals surface area contributed by atoms with Crippen molar-refractivity contribution in [1.82, 2.24) is 5.32 Å². The molecule has 76 valence electrons. The molecule has 14 heavy (non-hydrogen) atoms. The number of rotatable bonds is 3. The van der Waals surface area contributed by atoms with Crippen molar-refractivity contribution in [3.63, 3.8) is 0 Å². The summed E-state index contributed by atoms with van der Waals surface area (Å²) < 4.78 is 4.66. The normalized spacial score (nSPS) is 9.50. The van der Waals surface area contributed by atoms with E-state index in [9.17, 15) is 4.79 Å². The lowest BCUT2D eigenvalue weighted by molar-refractivity contribution is 0.177. The molecule has 0 spiro atoms. The average molecular weight is 196 g/mol. The number of carbonyl (C=O) groups is 1. The molecule has 0 aliphatic carbocycles. The van der Waals surface area contributed by atoms with E-state index in [1.165, 1.54) is 19.2 Å². The Bertz CT molecular complexity index is 297. The lowest BCUT2D eigenvalue weighted by atomic mass is 10.3. The minimum Gasteiger partial charge on any atom is -0.508 e. The van der Waals surface area contributed by atoms with Gasteiger partial charge in [-0.05, 0) is 24.3 Å². The second-order valence-electron chi connectivity index (χ2n) is 2.61. The van der Waals surface area contributed by atoms with E-state index in [0.717, 1.165) is 0 Å². The van der Waals surface area contributed by atoms with Gasteiger partial charge in [0.15, 0.2) is 0 Å². The molecule has 0 fully saturated rings. The van der Waals surface area contributed by atoms with E-state index >= 15 is 0 Å². The highest BCUT2D eigenvalue weighted by molar-refractivity contribution is 5.89. The van der Waals surface area contributed by atoms with Crippen LogP contribution in [-0.4, -0.2) is 25.0 Å². The van der Waals surface area contributed by atoms with Crippen LogP contribution in [-0.2, 0) is 4.74 Å². The fourth-order valence-corrected chi connectivity index (χ4v) is 0.858. The average Bonchev–Trinajstić information content (AvgIpc) is 2.18. The third-order valence-electron chi connectivity index (χ3n) is 1.50. The van der Waals surface area contributed by atoms with Crippen molar-refractivity contribution in [2.75, 3.05) is 19.2 Å². The molecule has 3 N–H and O–H groups in total. The number of amides is 2. The van der Waals surface area contributed by atoms with Crippen molar-refractivity contribution >= 4 is 11.7 Å². The number of ether oxygens (including phenoxy) is 1. The Hall–Kier alpha value is -1.75. The molecule has 0 radical (unpaired) electrons. The van der Waals surface area contributed by atoms with E-state index in [0.29, 0.717) is 5.69 Å². The highest BCUT2D eigenvalue weighted by Gasteiger charge is 1.99. The molecule has 2 amide bonds. The minimum atomic E-state index is -0.350. The first kappa shape index (κ1) is 10.3. The molecule has 1 aromatic rings. The van der Waals surface area contributed by atoms with Crippen LogP contribution >= 0.6 is 0 Å². The largest absolute Gasteiger partial charge is 0.508 e. The molecule has 0 bridgehead atoms. The quantitative estimate of drug-likeness (QED) is 0.501. The molecular weight excluding hydrogens is 184 g/mol. The number of carbonyl (C=O) groups excluding carboxylic acids is 1. The summed E-state index contributed by atoms with van der Waals surface area (Å²) in [7, 11) is 1.49. The van der Waals surface area contributed by atoms with Crippen LogP contribution in [0.15, 0.2) is 24.3 Å². The summed E-state index contributed by atoms with van der Waals surface area (Å²) >= 11 is 0. The summed E-state index contributed by atoms with van der Waals surface area (Å²) in [6, 6.07) is 5.83. The number of phenolic OH excluding ortho intramolecular Hbond substituents is 1. The molecule has 0 aliphatic heterocycles. The summed E-state index contributed by atoms with van der Waals surface area (Å²) in [5.74, 6) is 0.160. The number of nitrogens with one attached hydrogen (secondary N) is 2. The van der Waals surface area contributed by atoms with Gasteiger partial charge in [0.25, 0.3) is 0 Å². The predicted molar refractivity (Wildman–Crippen MR) is 52.1 cm³/mol. The van der Waals surface area contributed by atoms with Crippen LogP contribution in [0.5, 0.6) is 5.75 Å². The molecule has 0 unspecified atom stereocenters. The molecule has 0 aliphatic rings. The van der Waals surface area contributed by atoms with Gasteiger partial charge in [-0.25, -0.2) is 4.79 Å². The Morgan fingerprint density at radius 1 is 1.43 bits per heavy atom. The SMILES string of the molecule is COCNC(=O)Nc1ccc(O)cc1. The van der Waals surface area contributed by atoms with E-state index < -0.39 is 0 Å². The smallest absolute Gasteiger partial charge is 0.321 e. The molecule has 1 rings (SSSR count). The number of aromatic hydroxyl groups is 1. The Labute approximate surface area is 81.7 Å². The molecule has 0 atom stereocenters. The van der Waals surface area contributed by atoms with Crippen molar-refractivity contribution < 1.29 is 14.6 Å². The van der Waals surface area contributed by atoms with Crippen LogP contribution in [0.25, 0.3) is 0 Å². The van der Waals surface area contributed by atoms with Gasteiger partial charge in [0, 0.05) is 12.8 Å². The standard InChI is InChI=1S/C9H12N2O3/c1-14-6-10-9(13)11-7-2-4-8(12)5-3-7/h2-5,12H,6H2,1H3,(H2,10,11,13). The molecule has 5 nitrogen and oxygen atoms in total. The number of hydrogen-bond acceptors (Lipinski definition) is 3. The molecule has 0 saturated heterocycles. The lowest BCUT2D eigenvalue weighted by Crippen LogP contribution is -2.30. The van der Waals surface area contributed by atoms with Gasteiger partial charge in [-0.3, -0.25) is 0 Å². The van der Waals surface area contributed by atoms with E-state index in [4.69, 9.17) is 5.11 Å². The molecule has 0 saturated carbocycles. The maximum atomic E-state index is 11.1. The van der Waals surface area contributed by atoms with Crippen molar-refractivity contribution in [3.8, 4) is 5.75 Å². The van der Waals surface area contributed by atoms with Gasteiger partial charge in [-0.15, -0.1) is 0 Å². The molecular formula is C9H12N2O3. The highest BCUT2D eigenvalue weighted by atomic mass is 16.5. The topological polar surface area (TPSA) is 70.6 Å². The summed E-state index contributed by atoms with van der Waals surface area (Å²) in [5, 5.41) is 14.0. The zero-order valence-corrected chi connectivity index (χ0v) is 7.78. The molecule has 0 aromatic heterocycles. The van der Waals surface area contributed by atoms with Crippen LogP contribution in [0.3, 0.4) is 0 Å². The number of hydrogen-bond donors (Lipinski definition) is 3. The van der Waals surface area contributed by atoms with Crippen LogP contribution < -0.4 is 10.6 Å². The third-order valence-corrected chi connectivity index (χ3v) is 1.50. The van der Waals surface area contributed by atoms with E-state index in [1.807, 2.05) is 0 Å². The van der Waals surface area contributed by atoms with Gasteiger partial charge in [0.1, 0.15) is 12.5 Å². The number of anilines is 1. The van der Waals surface area contributed by atoms with Crippen molar-refractivity contribution in [1.29, 1.82) is 0 Å². The van der Waals surface area contributed by atoms with Gasteiger partial charge in [-0.2, -0.15) is 0 Å². The maximum absolute atomic E-state index is 11.1. The van der Waals surface area contributed by atoms with Gasteiger partial charge >= 0.3 is 6.03 Å². The number of benzene rings is 1. The van der Waals surface area contributed by atoms with Gasteiger partial charge in [0.2, 0.25) is 0 Å². The van der Waals surface area contributed by atoms with E-state index in [1.54, 1.807) is 12.1 Å². The van der Waals surface area contributed by atoms with Crippen LogP contribution in [0.2, 0.25) is 0 Å². The van der Waals surface area contributed by atoms with Crippen LogP contribution in [0, 0.1) is 0 Å². The lowest BCUT2D eigenvalue weighted by Gasteiger charge is -2.06. The Morgan fingerprint density at radius 3 is 2.64 bits per heavy atom. The number of phenols is 1. The monoisotopic (exact) mass is 196 g/mol. The third kappa shape index (κ3) is 3.32. The summed E-state index contributed by atoms with van der Waals surface area (Å²) in [4.78, 5) is 11.1. The first-order chi connectivity index (χ1) is 6.72. The van der Waals surface area contributed by atoms with Crippen molar-refractivity contribution in [3.05, 3.63) is 24.3 Å². The molecule has 0 heterocycles.